The molecule has 1 aromatic heterocycles. The number of pyridine rings is 1. The Bertz CT molecular complexity index is 497. The molecule has 20 heavy (non-hydrogen) atoms. The fourth-order valence-corrected chi connectivity index (χ4v) is 3.28. The molecule has 0 saturated heterocycles. The monoisotopic (exact) mass is 342 g/mol. The second kappa shape index (κ2) is 6.49. The Balaban J connectivity index is 2.32. The maximum atomic E-state index is 11.2. The Morgan fingerprint density at radius 1 is 1.55 bits per heavy atom. The Kier molecular flexibility index (Phi) is 4.93. The van der Waals surface area contributed by atoms with Gasteiger partial charge in [0.05, 0.1) is 4.92 Å². The van der Waals surface area contributed by atoms with E-state index >= 15 is 0 Å². The van der Waals surface area contributed by atoms with E-state index < -0.39 is 0 Å². The molecule has 0 amide bonds. The van der Waals surface area contributed by atoms with Gasteiger partial charge in [-0.2, -0.15) is 0 Å². The van der Waals surface area contributed by atoms with Crippen LogP contribution in [-0.4, -0.2) is 29.5 Å². The lowest BCUT2D eigenvalue weighted by molar-refractivity contribution is -0.384. The van der Waals surface area contributed by atoms with E-state index in [0.29, 0.717) is 22.8 Å². The lowest BCUT2D eigenvalue weighted by Gasteiger charge is -2.37. The summed E-state index contributed by atoms with van der Waals surface area (Å²) >= 11 is 3.23. The number of anilines is 1. The molecule has 0 spiro atoms. The van der Waals surface area contributed by atoms with Crippen LogP contribution in [0.2, 0.25) is 0 Å². The van der Waals surface area contributed by atoms with E-state index in [1.165, 1.54) is 12.5 Å². The molecule has 2 atom stereocenters. The third kappa shape index (κ3) is 3.09. The van der Waals surface area contributed by atoms with Gasteiger partial charge < -0.3 is 10.6 Å². The van der Waals surface area contributed by atoms with E-state index in [2.05, 4.69) is 20.9 Å². The van der Waals surface area contributed by atoms with Crippen LogP contribution in [0.3, 0.4) is 0 Å². The Labute approximate surface area is 126 Å². The number of halogens is 1. The summed E-state index contributed by atoms with van der Waals surface area (Å²) in [7, 11) is 1.88. The molecule has 2 unspecified atom stereocenters. The van der Waals surface area contributed by atoms with Crippen LogP contribution < -0.4 is 10.6 Å². The summed E-state index contributed by atoms with van der Waals surface area (Å²) in [5.74, 6) is 0.794. The zero-order valence-electron chi connectivity index (χ0n) is 11.5. The highest BCUT2D eigenvalue weighted by atomic mass is 79.9. The van der Waals surface area contributed by atoms with E-state index in [9.17, 15) is 10.1 Å². The average molecular weight is 343 g/mol. The summed E-state index contributed by atoms with van der Waals surface area (Å²) in [5, 5.41) is 11.2. The van der Waals surface area contributed by atoms with Crippen molar-refractivity contribution in [3.63, 3.8) is 0 Å². The Hall–Kier alpha value is -1.21. The molecule has 110 valence electrons. The molecule has 1 aliphatic carbocycles. The number of hydrogen-bond acceptors (Lipinski definition) is 5. The molecule has 0 aliphatic heterocycles. The fourth-order valence-electron chi connectivity index (χ4n) is 2.96. The lowest BCUT2D eigenvalue weighted by atomic mass is 9.83. The molecule has 1 aliphatic rings. The van der Waals surface area contributed by atoms with Gasteiger partial charge in [-0.05, 0) is 41.2 Å². The summed E-state index contributed by atoms with van der Waals surface area (Å²) < 4.78 is 0.611. The van der Waals surface area contributed by atoms with E-state index in [-0.39, 0.29) is 16.7 Å². The number of nitro groups is 1. The summed E-state index contributed by atoms with van der Waals surface area (Å²) in [4.78, 5) is 17.0. The SMILES string of the molecule is CN(c1ncc(Br)cc1[N+](=O)[O-])C1CCCCC1CN. The molecule has 1 fully saturated rings. The summed E-state index contributed by atoms with van der Waals surface area (Å²) in [5.41, 5.74) is 5.87. The van der Waals surface area contributed by atoms with Gasteiger partial charge in [0.15, 0.2) is 0 Å². The van der Waals surface area contributed by atoms with Crippen molar-refractivity contribution in [2.75, 3.05) is 18.5 Å². The first-order valence-electron chi connectivity index (χ1n) is 6.77. The van der Waals surface area contributed by atoms with Crippen molar-refractivity contribution >= 4 is 27.4 Å². The number of hydrogen-bond donors (Lipinski definition) is 1. The summed E-state index contributed by atoms with van der Waals surface area (Å²) in [6.07, 6.45) is 6.00. The second-order valence-electron chi connectivity index (χ2n) is 5.21. The topological polar surface area (TPSA) is 85.3 Å². The van der Waals surface area contributed by atoms with Crippen molar-refractivity contribution in [2.24, 2.45) is 11.7 Å². The highest BCUT2D eigenvalue weighted by Crippen LogP contribution is 2.34. The molecule has 1 heterocycles. The van der Waals surface area contributed by atoms with E-state index in [4.69, 9.17) is 5.73 Å². The second-order valence-corrected chi connectivity index (χ2v) is 6.13. The summed E-state index contributed by atoms with van der Waals surface area (Å²) in [6, 6.07) is 1.72. The molecular formula is C13H19BrN4O2. The maximum absolute atomic E-state index is 11.2. The van der Waals surface area contributed by atoms with Crippen LogP contribution in [0.1, 0.15) is 25.7 Å². The van der Waals surface area contributed by atoms with Crippen LogP contribution >= 0.6 is 15.9 Å². The molecule has 0 radical (unpaired) electrons. The van der Waals surface area contributed by atoms with Crippen molar-refractivity contribution in [1.29, 1.82) is 0 Å². The fraction of sp³-hybridized carbons (Fsp3) is 0.615. The van der Waals surface area contributed by atoms with Gasteiger partial charge in [0.2, 0.25) is 5.82 Å². The zero-order chi connectivity index (χ0) is 14.7. The zero-order valence-corrected chi connectivity index (χ0v) is 13.0. The predicted molar refractivity (Wildman–Crippen MR) is 81.8 cm³/mol. The van der Waals surface area contributed by atoms with Gasteiger partial charge in [-0.1, -0.05) is 12.8 Å². The maximum Gasteiger partial charge on any atom is 0.312 e. The van der Waals surface area contributed by atoms with Gasteiger partial charge in [-0.3, -0.25) is 10.1 Å². The van der Waals surface area contributed by atoms with Gasteiger partial charge >= 0.3 is 5.69 Å². The van der Waals surface area contributed by atoms with E-state index in [1.807, 2.05) is 11.9 Å². The standard InChI is InChI=1S/C13H19BrN4O2/c1-17(11-5-3-2-4-9(11)7-15)13-12(18(19)20)6-10(14)8-16-13/h6,8-9,11H,2-5,7,15H2,1H3. The molecule has 2 N–H and O–H groups in total. The quantitative estimate of drug-likeness (QED) is 0.671. The van der Waals surface area contributed by atoms with E-state index in [1.54, 1.807) is 6.20 Å². The predicted octanol–water partition coefficient (Wildman–Crippen LogP) is 2.71. The van der Waals surface area contributed by atoms with Crippen molar-refractivity contribution in [3.8, 4) is 0 Å². The highest BCUT2D eigenvalue weighted by molar-refractivity contribution is 9.10. The smallest absolute Gasteiger partial charge is 0.312 e. The van der Waals surface area contributed by atoms with Crippen LogP contribution in [0.4, 0.5) is 11.5 Å². The molecule has 1 saturated carbocycles. The number of rotatable bonds is 4. The van der Waals surface area contributed by atoms with Crippen molar-refractivity contribution < 1.29 is 4.92 Å². The van der Waals surface area contributed by atoms with Crippen LogP contribution in [0.15, 0.2) is 16.7 Å². The Morgan fingerprint density at radius 2 is 2.25 bits per heavy atom. The van der Waals surface area contributed by atoms with Crippen molar-refractivity contribution in [2.45, 2.75) is 31.7 Å². The van der Waals surface area contributed by atoms with Crippen LogP contribution in [0, 0.1) is 16.0 Å². The number of nitrogens with two attached hydrogens (primary N) is 1. The third-order valence-corrected chi connectivity index (χ3v) is 4.45. The average Bonchev–Trinajstić information content (AvgIpc) is 2.46. The molecule has 2 rings (SSSR count). The minimum atomic E-state index is -0.385. The first-order valence-corrected chi connectivity index (χ1v) is 7.56. The van der Waals surface area contributed by atoms with Gasteiger partial charge in [0.1, 0.15) is 0 Å². The third-order valence-electron chi connectivity index (χ3n) is 4.01. The largest absolute Gasteiger partial charge is 0.351 e. The molecular weight excluding hydrogens is 324 g/mol. The van der Waals surface area contributed by atoms with Crippen molar-refractivity contribution in [1.82, 2.24) is 4.98 Å². The molecule has 6 nitrogen and oxygen atoms in total. The van der Waals surface area contributed by atoms with Gasteiger partial charge in [0.25, 0.3) is 0 Å². The molecule has 0 aromatic carbocycles. The highest BCUT2D eigenvalue weighted by Gasteiger charge is 2.31. The first-order chi connectivity index (χ1) is 9.54. The van der Waals surface area contributed by atoms with E-state index in [0.717, 1.165) is 19.3 Å². The van der Waals surface area contributed by atoms with Crippen LogP contribution in [-0.2, 0) is 0 Å². The van der Waals surface area contributed by atoms with Crippen molar-refractivity contribution in [3.05, 3.63) is 26.9 Å². The van der Waals surface area contributed by atoms with Gasteiger partial charge in [0, 0.05) is 29.8 Å². The lowest BCUT2D eigenvalue weighted by Crippen LogP contribution is -2.43. The minimum Gasteiger partial charge on any atom is -0.351 e. The van der Waals surface area contributed by atoms with Crippen LogP contribution in [0.25, 0.3) is 0 Å². The summed E-state index contributed by atoms with van der Waals surface area (Å²) in [6.45, 7) is 0.610. The molecule has 0 bridgehead atoms. The molecule has 7 heteroatoms. The molecule has 1 aromatic rings. The number of nitrogens with zero attached hydrogens (tertiary/aromatic N) is 3. The van der Waals surface area contributed by atoms with Crippen LogP contribution in [0.5, 0.6) is 0 Å². The number of aromatic nitrogens is 1. The van der Waals surface area contributed by atoms with Gasteiger partial charge in [-0.25, -0.2) is 4.98 Å². The minimum absolute atomic E-state index is 0.0308. The Morgan fingerprint density at radius 3 is 2.90 bits per heavy atom. The normalized spacial score (nSPS) is 22.6. The first kappa shape index (κ1) is 15.2. The van der Waals surface area contributed by atoms with Gasteiger partial charge in [-0.15, -0.1) is 0 Å².